The van der Waals surface area contributed by atoms with Gasteiger partial charge in [-0.2, -0.15) is 0 Å². The van der Waals surface area contributed by atoms with Gasteiger partial charge in [0.1, 0.15) is 0 Å². The summed E-state index contributed by atoms with van der Waals surface area (Å²) in [6.45, 7) is 7.76. The van der Waals surface area contributed by atoms with Gasteiger partial charge in [-0.25, -0.2) is 9.48 Å². The molecule has 0 bridgehead atoms. The van der Waals surface area contributed by atoms with E-state index in [-0.39, 0.29) is 11.1 Å². The number of fused-ring (bicyclic) bond motifs is 1. The van der Waals surface area contributed by atoms with Crippen LogP contribution in [0, 0.1) is 0 Å². The largest absolute Gasteiger partial charge is 0.383 e. The van der Waals surface area contributed by atoms with Crippen LogP contribution in [0.3, 0.4) is 0 Å². The van der Waals surface area contributed by atoms with Crippen LogP contribution >= 0.6 is 0 Å². The number of para-hydroxylation sites is 1. The smallest absolute Gasteiger partial charge is 0.350 e. The molecule has 5 nitrogen and oxygen atoms in total. The molecule has 0 aliphatic rings. The van der Waals surface area contributed by atoms with Gasteiger partial charge in [-0.3, -0.25) is 4.40 Å². The highest BCUT2D eigenvalue weighted by molar-refractivity contribution is 5.54. The number of nitrogens with one attached hydrogen (secondary N) is 1. The summed E-state index contributed by atoms with van der Waals surface area (Å²) in [5.41, 5.74) is 3.02. The van der Waals surface area contributed by atoms with Crippen molar-refractivity contribution in [1.29, 1.82) is 0 Å². The number of benzene rings is 1. The zero-order valence-electron chi connectivity index (χ0n) is 13.8. The van der Waals surface area contributed by atoms with E-state index in [9.17, 15) is 4.79 Å². The first-order chi connectivity index (χ1) is 11.0. The summed E-state index contributed by atoms with van der Waals surface area (Å²) >= 11 is 0. The van der Waals surface area contributed by atoms with Gasteiger partial charge in [-0.05, 0) is 29.2 Å². The molecule has 2 aromatic heterocycles. The molecule has 0 saturated carbocycles. The van der Waals surface area contributed by atoms with E-state index < -0.39 is 0 Å². The van der Waals surface area contributed by atoms with Crippen molar-refractivity contribution in [2.75, 3.05) is 11.9 Å². The second-order valence-electron chi connectivity index (χ2n) is 6.66. The number of anilines is 1. The molecule has 1 aromatic carbocycles. The molecule has 2 heterocycles. The number of pyridine rings is 1. The van der Waals surface area contributed by atoms with Crippen LogP contribution in [0.15, 0.2) is 53.5 Å². The van der Waals surface area contributed by atoms with Gasteiger partial charge in [0.05, 0.1) is 6.54 Å². The minimum atomic E-state index is -0.105. The van der Waals surface area contributed by atoms with E-state index in [0.29, 0.717) is 18.7 Å². The van der Waals surface area contributed by atoms with Crippen LogP contribution in [0.5, 0.6) is 0 Å². The van der Waals surface area contributed by atoms with Gasteiger partial charge in [0, 0.05) is 18.4 Å². The van der Waals surface area contributed by atoms with E-state index in [1.807, 2.05) is 24.3 Å². The molecule has 0 unspecified atom stereocenters. The highest BCUT2D eigenvalue weighted by Crippen LogP contribution is 2.28. The summed E-state index contributed by atoms with van der Waals surface area (Å²) in [5, 5.41) is 7.77. The normalized spacial score (nSPS) is 11.8. The van der Waals surface area contributed by atoms with Gasteiger partial charge in [0.15, 0.2) is 5.65 Å². The predicted octanol–water partition coefficient (Wildman–Crippen LogP) is 2.91. The second-order valence-corrected chi connectivity index (χ2v) is 6.66. The second kappa shape index (κ2) is 5.91. The van der Waals surface area contributed by atoms with Gasteiger partial charge in [-0.1, -0.05) is 45.0 Å². The highest BCUT2D eigenvalue weighted by Gasteiger charge is 2.17. The van der Waals surface area contributed by atoms with Gasteiger partial charge in [0.2, 0.25) is 0 Å². The molecule has 5 heteroatoms. The molecule has 0 amide bonds. The van der Waals surface area contributed by atoms with Crippen molar-refractivity contribution in [3.8, 4) is 0 Å². The molecule has 3 rings (SSSR count). The summed E-state index contributed by atoms with van der Waals surface area (Å²) in [4.78, 5) is 12.2. The minimum absolute atomic E-state index is 0.0729. The fourth-order valence-electron chi connectivity index (χ4n) is 2.70. The first-order valence-corrected chi connectivity index (χ1v) is 7.84. The average Bonchev–Trinajstić information content (AvgIpc) is 2.84. The average molecular weight is 310 g/mol. The minimum Gasteiger partial charge on any atom is -0.383 e. The molecule has 0 spiro atoms. The van der Waals surface area contributed by atoms with Gasteiger partial charge in [-0.15, -0.1) is 5.10 Å². The zero-order chi connectivity index (χ0) is 16.4. The Balaban J connectivity index is 1.75. The Hall–Kier alpha value is -2.56. The molecule has 0 fully saturated rings. The lowest BCUT2D eigenvalue weighted by molar-refractivity contribution is 0.588. The number of hydrogen-bond acceptors (Lipinski definition) is 3. The number of hydrogen-bond donors (Lipinski definition) is 1. The molecule has 23 heavy (non-hydrogen) atoms. The molecular formula is C18H22N4O. The number of rotatable bonds is 4. The van der Waals surface area contributed by atoms with Crippen molar-refractivity contribution in [3.05, 3.63) is 64.7 Å². The molecule has 120 valence electrons. The fraction of sp³-hybridized carbons (Fsp3) is 0.333. The quantitative estimate of drug-likeness (QED) is 0.806. The van der Waals surface area contributed by atoms with Crippen LogP contribution in [-0.2, 0) is 12.0 Å². The van der Waals surface area contributed by atoms with Crippen LogP contribution in [0.2, 0.25) is 0 Å². The summed E-state index contributed by atoms with van der Waals surface area (Å²) in [6.07, 6.45) is 1.74. The molecular weight excluding hydrogens is 288 g/mol. The SMILES string of the molecule is CC(C)(C)c1ccccc1NCCn1nc2ccccn2c1=O. The molecule has 0 atom stereocenters. The van der Waals surface area contributed by atoms with Crippen LogP contribution in [-0.4, -0.2) is 20.7 Å². The summed E-state index contributed by atoms with van der Waals surface area (Å²) in [5.74, 6) is 0. The predicted molar refractivity (Wildman–Crippen MR) is 93.1 cm³/mol. The Morgan fingerprint density at radius 1 is 1.09 bits per heavy atom. The van der Waals surface area contributed by atoms with E-state index in [1.54, 1.807) is 10.6 Å². The fourth-order valence-corrected chi connectivity index (χ4v) is 2.70. The van der Waals surface area contributed by atoms with E-state index in [1.165, 1.54) is 10.2 Å². The third-order valence-corrected chi connectivity index (χ3v) is 3.86. The zero-order valence-corrected chi connectivity index (χ0v) is 13.8. The number of nitrogens with zero attached hydrogens (tertiary/aromatic N) is 3. The lowest BCUT2D eigenvalue weighted by atomic mass is 9.86. The Kier molecular flexibility index (Phi) is 3.94. The van der Waals surface area contributed by atoms with Crippen molar-refractivity contribution in [2.45, 2.75) is 32.7 Å². The van der Waals surface area contributed by atoms with Crippen molar-refractivity contribution >= 4 is 11.3 Å². The first kappa shape index (κ1) is 15.3. The Labute approximate surface area is 135 Å². The standard InChI is InChI=1S/C18H22N4O/c1-18(2,3)14-8-4-5-9-15(14)19-11-13-22-17(23)21-12-7-6-10-16(21)20-22/h4-10,12,19H,11,13H2,1-3H3. The third-order valence-electron chi connectivity index (χ3n) is 3.86. The molecule has 0 aliphatic carbocycles. The van der Waals surface area contributed by atoms with Crippen molar-refractivity contribution in [1.82, 2.24) is 14.2 Å². The highest BCUT2D eigenvalue weighted by atomic mass is 16.2. The molecule has 0 radical (unpaired) electrons. The monoisotopic (exact) mass is 310 g/mol. The molecule has 0 saturated heterocycles. The van der Waals surface area contributed by atoms with Crippen molar-refractivity contribution < 1.29 is 0 Å². The maximum Gasteiger partial charge on any atom is 0.350 e. The maximum absolute atomic E-state index is 12.2. The molecule has 1 N–H and O–H groups in total. The Bertz CT molecular complexity index is 870. The molecule has 3 aromatic rings. The third kappa shape index (κ3) is 3.13. The Morgan fingerprint density at radius 3 is 2.57 bits per heavy atom. The molecule has 0 aliphatic heterocycles. The maximum atomic E-state index is 12.2. The van der Waals surface area contributed by atoms with Crippen LogP contribution < -0.4 is 11.0 Å². The van der Waals surface area contributed by atoms with Crippen LogP contribution in [0.25, 0.3) is 5.65 Å². The Morgan fingerprint density at radius 2 is 1.83 bits per heavy atom. The van der Waals surface area contributed by atoms with E-state index in [4.69, 9.17) is 0 Å². The summed E-state index contributed by atoms with van der Waals surface area (Å²) in [6, 6.07) is 13.8. The first-order valence-electron chi connectivity index (χ1n) is 7.84. The van der Waals surface area contributed by atoms with Gasteiger partial charge >= 0.3 is 5.69 Å². The number of aromatic nitrogens is 3. The van der Waals surface area contributed by atoms with E-state index in [0.717, 1.165) is 5.69 Å². The topological polar surface area (TPSA) is 51.3 Å². The summed E-state index contributed by atoms with van der Waals surface area (Å²) in [7, 11) is 0. The lowest BCUT2D eigenvalue weighted by Crippen LogP contribution is -2.25. The van der Waals surface area contributed by atoms with E-state index >= 15 is 0 Å². The van der Waals surface area contributed by atoms with Gasteiger partial charge < -0.3 is 5.32 Å². The van der Waals surface area contributed by atoms with Gasteiger partial charge in [0.25, 0.3) is 0 Å². The van der Waals surface area contributed by atoms with Crippen molar-refractivity contribution in [3.63, 3.8) is 0 Å². The van der Waals surface area contributed by atoms with Crippen LogP contribution in [0.4, 0.5) is 5.69 Å². The summed E-state index contributed by atoms with van der Waals surface area (Å²) < 4.78 is 3.06. The lowest BCUT2D eigenvalue weighted by Gasteiger charge is -2.23. The van der Waals surface area contributed by atoms with Crippen LogP contribution in [0.1, 0.15) is 26.3 Å². The van der Waals surface area contributed by atoms with E-state index in [2.05, 4.69) is 49.4 Å². The van der Waals surface area contributed by atoms with Crippen molar-refractivity contribution in [2.24, 2.45) is 0 Å².